The molecule has 19 heavy (non-hydrogen) atoms. The van der Waals surface area contributed by atoms with Crippen LogP contribution in [0.4, 0.5) is 15.8 Å². The minimum absolute atomic E-state index is 0.144. The van der Waals surface area contributed by atoms with Gasteiger partial charge in [0.1, 0.15) is 5.82 Å². The van der Waals surface area contributed by atoms with Crippen LogP contribution in [0.2, 0.25) is 0 Å². The number of rotatable bonds is 3. The molecule has 0 aromatic heterocycles. The molecule has 0 radical (unpaired) electrons. The number of nitrogens with one attached hydrogen (secondary N) is 2. The summed E-state index contributed by atoms with van der Waals surface area (Å²) in [7, 11) is 1.80. The normalized spacial score (nSPS) is 10.1. The highest BCUT2D eigenvalue weighted by Crippen LogP contribution is 2.25. The van der Waals surface area contributed by atoms with Crippen LogP contribution in [0.5, 0.6) is 0 Å². The smallest absolute Gasteiger partial charge is 0.255 e. The zero-order valence-electron chi connectivity index (χ0n) is 10.2. The Hall–Kier alpha value is -1.88. The fraction of sp³-hybridized carbons (Fsp3) is 0.0714. The maximum absolute atomic E-state index is 13.6. The van der Waals surface area contributed by atoms with Gasteiger partial charge in [0.05, 0.1) is 5.69 Å². The summed E-state index contributed by atoms with van der Waals surface area (Å²) in [6.07, 6.45) is 0. The van der Waals surface area contributed by atoms with Crippen LogP contribution in [0.3, 0.4) is 0 Å². The highest BCUT2D eigenvalue weighted by molar-refractivity contribution is 9.10. The number of carbonyl (C=O) groups is 1. The molecule has 2 aromatic carbocycles. The second kappa shape index (κ2) is 5.84. The van der Waals surface area contributed by atoms with Crippen LogP contribution in [0.15, 0.2) is 46.9 Å². The zero-order chi connectivity index (χ0) is 13.8. The van der Waals surface area contributed by atoms with Crippen molar-refractivity contribution >= 4 is 33.2 Å². The van der Waals surface area contributed by atoms with Gasteiger partial charge in [-0.1, -0.05) is 6.07 Å². The van der Waals surface area contributed by atoms with E-state index in [9.17, 15) is 9.18 Å². The van der Waals surface area contributed by atoms with E-state index in [1.54, 1.807) is 43.4 Å². The van der Waals surface area contributed by atoms with Gasteiger partial charge in [-0.3, -0.25) is 4.79 Å². The number of hydrogen-bond acceptors (Lipinski definition) is 2. The lowest BCUT2D eigenvalue weighted by molar-refractivity contribution is 0.102. The van der Waals surface area contributed by atoms with Gasteiger partial charge in [0.2, 0.25) is 0 Å². The van der Waals surface area contributed by atoms with Crippen LogP contribution in [-0.4, -0.2) is 13.0 Å². The molecular formula is C14H12BrFN2O. The molecule has 3 nitrogen and oxygen atoms in total. The van der Waals surface area contributed by atoms with Crippen LogP contribution in [0.1, 0.15) is 10.4 Å². The molecule has 2 aromatic rings. The van der Waals surface area contributed by atoms with Crippen LogP contribution >= 0.6 is 15.9 Å². The second-order valence-electron chi connectivity index (χ2n) is 3.88. The summed E-state index contributed by atoms with van der Waals surface area (Å²) in [6, 6.07) is 11.5. The van der Waals surface area contributed by atoms with Crippen LogP contribution in [0.25, 0.3) is 0 Å². The third-order valence-electron chi connectivity index (χ3n) is 2.64. The number of carbonyl (C=O) groups excluding carboxylic acids is 1. The first-order chi connectivity index (χ1) is 9.11. The highest BCUT2D eigenvalue weighted by atomic mass is 79.9. The van der Waals surface area contributed by atoms with Crippen molar-refractivity contribution in [1.29, 1.82) is 0 Å². The van der Waals surface area contributed by atoms with Gasteiger partial charge in [0.25, 0.3) is 5.91 Å². The van der Waals surface area contributed by atoms with Gasteiger partial charge >= 0.3 is 0 Å². The molecular weight excluding hydrogens is 311 g/mol. The Morgan fingerprint density at radius 3 is 2.42 bits per heavy atom. The lowest BCUT2D eigenvalue weighted by Gasteiger charge is -2.09. The van der Waals surface area contributed by atoms with Crippen molar-refractivity contribution in [2.75, 3.05) is 17.7 Å². The molecule has 0 aliphatic carbocycles. The summed E-state index contributed by atoms with van der Waals surface area (Å²) >= 11 is 3.21. The number of amides is 1. The molecule has 0 aliphatic rings. The van der Waals surface area contributed by atoms with Gasteiger partial charge in [0, 0.05) is 22.8 Å². The van der Waals surface area contributed by atoms with Crippen LogP contribution < -0.4 is 10.6 Å². The van der Waals surface area contributed by atoms with E-state index in [2.05, 4.69) is 26.6 Å². The monoisotopic (exact) mass is 322 g/mol. The summed E-state index contributed by atoms with van der Waals surface area (Å²) in [5, 5.41) is 5.51. The van der Waals surface area contributed by atoms with Crippen LogP contribution in [0, 0.1) is 5.82 Å². The van der Waals surface area contributed by atoms with Gasteiger partial charge in [-0.05, 0) is 52.3 Å². The van der Waals surface area contributed by atoms with E-state index in [1.165, 1.54) is 6.07 Å². The summed E-state index contributed by atoms with van der Waals surface area (Å²) in [6.45, 7) is 0. The summed E-state index contributed by atoms with van der Waals surface area (Å²) in [5.74, 6) is -0.831. The van der Waals surface area contributed by atoms with Gasteiger partial charge in [-0.15, -0.1) is 0 Å². The molecule has 98 valence electrons. The topological polar surface area (TPSA) is 41.1 Å². The summed E-state index contributed by atoms with van der Waals surface area (Å²) in [5.41, 5.74) is 1.52. The molecule has 0 spiro atoms. The van der Waals surface area contributed by atoms with Gasteiger partial charge in [-0.2, -0.15) is 0 Å². The fourth-order valence-corrected chi connectivity index (χ4v) is 2.03. The number of anilines is 2. The Balaban J connectivity index is 2.20. The summed E-state index contributed by atoms with van der Waals surface area (Å²) < 4.78 is 14.1. The molecule has 0 unspecified atom stereocenters. The minimum atomic E-state index is -0.477. The Morgan fingerprint density at radius 2 is 1.84 bits per heavy atom. The molecule has 2 rings (SSSR count). The average Bonchev–Trinajstić information content (AvgIpc) is 2.43. The highest BCUT2D eigenvalue weighted by Gasteiger charge is 2.11. The first kappa shape index (κ1) is 13.5. The van der Waals surface area contributed by atoms with Crippen molar-refractivity contribution in [2.24, 2.45) is 0 Å². The van der Waals surface area contributed by atoms with Crippen molar-refractivity contribution in [1.82, 2.24) is 0 Å². The Kier molecular flexibility index (Phi) is 4.16. The first-order valence-corrected chi connectivity index (χ1v) is 6.44. The fourth-order valence-electron chi connectivity index (χ4n) is 1.59. The average molecular weight is 323 g/mol. The van der Waals surface area contributed by atoms with Crippen LogP contribution in [-0.2, 0) is 0 Å². The lowest BCUT2D eigenvalue weighted by atomic mass is 10.2. The molecule has 2 N–H and O–H groups in total. The summed E-state index contributed by atoms with van der Waals surface area (Å²) in [4.78, 5) is 12.0. The predicted molar refractivity (Wildman–Crippen MR) is 78.0 cm³/mol. The predicted octanol–water partition coefficient (Wildman–Crippen LogP) is 3.88. The standard InChI is InChI=1S/C14H12BrFN2O/c1-17-10-7-5-9(6-8-10)14(19)18-13-11(15)3-2-4-12(13)16/h2-8,17H,1H3,(H,18,19). The third-order valence-corrected chi connectivity index (χ3v) is 3.30. The van der Waals surface area contributed by atoms with E-state index in [4.69, 9.17) is 0 Å². The van der Waals surface area contributed by atoms with E-state index in [-0.39, 0.29) is 11.6 Å². The number of halogens is 2. The number of benzene rings is 2. The molecule has 0 saturated heterocycles. The van der Waals surface area contributed by atoms with Gasteiger partial charge < -0.3 is 10.6 Å². The molecule has 0 fully saturated rings. The Bertz CT molecular complexity index is 579. The molecule has 5 heteroatoms. The van der Waals surface area contributed by atoms with Crippen molar-refractivity contribution in [3.8, 4) is 0 Å². The molecule has 0 aliphatic heterocycles. The van der Waals surface area contributed by atoms with E-state index in [1.807, 2.05) is 0 Å². The third kappa shape index (κ3) is 3.12. The molecule has 0 heterocycles. The largest absolute Gasteiger partial charge is 0.388 e. The Morgan fingerprint density at radius 1 is 1.16 bits per heavy atom. The van der Waals surface area contributed by atoms with E-state index in [0.717, 1.165) is 5.69 Å². The van der Waals surface area contributed by atoms with Crippen molar-refractivity contribution in [2.45, 2.75) is 0 Å². The SMILES string of the molecule is CNc1ccc(C(=O)Nc2c(F)cccc2Br)cc1. The molecule has 0 saturated carbocycles. The lowest BCUT2D eigenvalue weighted by Crippen LogP contribution is -2.13. The number of para-hydroxylation sites is 1. The van der Waals surface area contributed by atoms with Crippen molar-refractivity contribution in [3.05, 3.63) is 58.3 Å². The first-order valence-electron chi connectivity index (χ1n) is 5.65. The van der Waals surface area contributed by atoms with E-state index < -0.39 is 5.82 Å². The molecule has 0 bridgehead atoms. The van der Waals surface area contributed by atoms with Gasteiger partial charge in [-0.25, -0.2) is 4.39 Å². The minimum Gasteiger partial charge on any atom is -0.388 e. The quantitative estimate of drug-likeness (QED) is 0.900. The number of hydrogen-bond donors (Lipinski definition) is 2. The maximum Gasteiger partial charge on any atom is 0.255 e. The zero-order valence-corrected chi connectivity index (χ0v) is 11.8. The van der Waals surface area contributed by atoms with E-state index in [0.29, 0.717) is 10.0 Å². The molecule has 0 atom stereocenters. The molecule has 1 amide bonds. The van der Waals surface area contributed by atoms with Gasteiger partial charge in [0.15, 0.2) is 0 Å². The second-order valence-corrected chi connectivity index (χ2v) is 4.73. The van der Waals surface area contributed by atoms with Crippen molar-refractivity contribution < 1.29 is 9.18 Å². The van der Waals surface area contributed by atoms with E-state index >= 15 is 0 Å². The van der Waals surface area contributed by atoms with Crippen molar-refractivity contribution in [3.63, 3.8) is 0 Å². The Labute approximate surface area is 119 Å². The maximum atomic E-state index is 13.6.